The van der Waals surface area contributed by atoms with Crippen molar-refractivity contribution >= 4 is 0 Å². The Kier molecular flexibility index (Phi) is 3.99. The number of nitrogens with zero attached hydrogens (tertiary/aromatic N) is 2. The predicted molar refractivity (Wildman–Crippen MR) is 69.6 cm³/mol. The first kappa shape index (κ1) is 12.6. The van der Waals surface area contributed by atoms with Gasteiger partial charge in [0.05, 0.1) is 6.54 Å². The van der Waals surface area contributed by atoms with E-state index in [1.54, 1.807) is 10.9 Å². The summed E-state index contributed by atoms with van der Waals surface area (Å²) in [5, 5.41) is 13.9. The molecule has 0 bridgehead atoms. The van der Waals surface area contributed by atoms with Crippen LogP contribution in [0.15, 0.2) is 36.7 Å². The van der Waals surface area contributed by atoms with Crippen LogP contribution in [0.1, 0.15) is 11.1 Å². The predicted octanol–water partition coefficient (Wildman–Crippen LogP) is 1.94. The van der Waals surface area contributed by atoms with Gasteiger partial charge in [-0.25, -0.2) is 0 Å². The van der Waals surface area contributed by atoms with Crippen molar-refractivity contribution in [2.24, 2.45) is 0 Å². The Morgan fingerprint density at radius 2 is 2.00 bits per heavy atom. The molecular weight excluding hydrogens is 228 g/mol. The van der Waals surface area contributed by atoms with E-state index in [0.717, 1.165) is 16.9 Å². The van der Waals surface area contributed by atoms with E-state index in [4.69, 9.17) is 4.74 Å². The van der Waals surface area contributed by atoms with Gasteiger partial charge in [-0.3, -0.25) is 4.68 Å². The average Bonchev–Trinajstić information content (AvgIpc) is 2.81. The molecule has 1 atom stereocenters. The van der Waals surface area contributed by atoms with Gasteiger partial charge in [-0.1, -0.05) is 18.2 Å². The van der Waals surface area contributed by atoms with Crippen molar-refractivity contribution in [1.82, 2.24) is 9.78 Å². The molecule has 0 amide bonds. The molecule has 0 fully saturated rings. The van der Waals surface area contributed by atoms with Crippen molar-refractivity contribution in [3.05, 3.63) is 47.8 Å². The molecule has 4 nitrogen and oxygen atoms in total. The zero-order chi connectivity index (χ0) is 13.0. The van der Waals surface area contributed by atoms with E-state index < -0.39 is 6.10 Å². The summed E-state index contributed by atoms with van der Waals surface area (Å²) in [5.41, 5.74) is 2.17. The molecule has 4 heteroatoms. The highest BCUT2D eigenvalue weighted by molar-refractivity contribution is 5.39. The molecule has 0 spiro atoms. The van der Waals surface area contributed by atoms with Crippen LogP contribution < -0.4 is 4.74 Å². The normalized spacial score (nSPS) is 12.4. The van der Waals surface area contributed by atoms with Gasteiger partial charge in [0, 0.05) is 12.4 Å². The van der Waals surface area contributed by atoms with Gasteiger partial charge in [0.1, 0.15) is 18.5 Å². The van der Waals surface area contributed by atoms with Crippen molar-refractivity contribution in [2.45, 2.75) is 26.5 Å². The van der Waals surface area contributed by atoms with Crippen molar-refractivity contribution in [2.75, 3.05) is 6.61 Å². The van der Waals surface area contributed by atoms with Gasteiger partial charge in [0.2, 0.25) is 0 Å². The number of aryl methyl sites for hydroxylation is 2. The van der Waals surface area contributed by atoms with Crippen LogP contribution in [0.2, 0.25) is 0 Å². The molecule has 0 aliphatic carbocycles. The lowest BCUT2D eigenvalue weighted by molar-refractivity contribution is 0.0887. The fourth-order valence-electron chi connectivity index (χ4n) is 1.88. The molecular formula is C14H18N2O2. The molecule has 0 aliphatic heterocycles. The van der Waals surface area contributed by atoms with Gasteiger partial charge < -0.3 is 9.84 Å². The third-order valence-corrected chi connectivity index (χ3v) is 2.79. The van der Waals surface area contributed by atoms with Crippen molar-refractivity contribution in [1.29, 1.82) is 0 Å². The number of hydrogen-bond donors (Lipinski definition) is 1. The van der Waals surface area contributed by atoms with Gasteiger partial charge in [0.25, 0.3) is 0 Å². The largest absolute Gasteiger partial charge is 0.490 e. The Morgan fingerprint density at radius 1 is 1.28 bits per heavy atom. The van der Waals surface area contributed by atoms with Crippen LogP contribution in [-0.2, 0) is 6.54 Å². The number of aliphatic hydroxyl groups is 1. The summed E-state index contributed by atoms with van der Waals surface area (Å²) >= 11 is 0. The van der Waals surface area contributed by atoms with E-state index >= 15 is 0 Å². The van der Waals surface area contributed by atoms with E-state index in [0.29, 0.717) is 6.54 Å². The molecule has 0 saturated carbocycles. The molecule has 96 valence electrons. The molecule has 1 aromatic carbocycles. The highest BCUT2D eigenvalue weighted by Gasteiger charge is 2.09. The van der Waals surface area contributed by atoms with Crippen LogP contribution in [0, 0.1) is 13.8 Å². The molecule has 1 heterocycles. The van der Waals surface area contributed by atoms with Crippen LogP contribution in [-0.4, -0.2) is 27.6 Å². The molecule has 18 heavy (non-hydrogen) atoms. The molecule has 1 N–H and O–H groups in total. The van der Waals surface area contributed by atoms with Gasteiger partial charge >= 0.3 is 0 Å². The lowest BCUT2D eigenvalue weighted by Crippen LogP contribution is -2.24. The third kappa shape index (κ3) is 3.11. The first-order valence-corrected chi connectivity index (χ1v) is 6.01. The lowest BCUT2D eigenvalue weighted by atomic mass is 10.1. The van der Waals surface area contributed by atoms with E-state index in [1.807, 2.05) is 44.3 Å². The minimum absolute atomic E-state index is 0.269. The molecule has 1 aromatic heterocycles. The van der Waals surface area contributed by atoms with E-state index in [9.17, 15) is 5.11 Å². The summed E-state index contributed by atoms with van der Waals surface area (Å²) in [5.74, 6) is 0.858. The Balaban J connectivity index is 1.91. The quantitative estimate of drug-likeness (QED) is 0.877. The molecule has 0 radical (unpaired) electrons. The fraction of sp³-hybridized carbons (Fsp3) is 0.357. The third-order valence-electron chi connectivity index (χ3n) is 2.79. The zero-order valence-electron chi connectivity index (χ0n) is 10.7. The minimum Gasteiger partial charge on any atom is -0.490 e. The fourth-order valence-corrected chi connectivity index (χ4v) is 1.88. The first-order valence-electron chi connectivity index (χ1n) is 6.01. The highest BCUT2D eigenvalue weighted by atomic mass is 16.5. The lowest BCUT2D eigenvalue weighted by Gasteiger charge is -2.15. The zero-order valence-corrected chi connectivity index (χ0v) is 10.7. The number of aliphatic hydroxyl groups excluding tert-OH is 1. The summed E-state index contributed by atoms with van der Waals surface area (Å²) in [6.45, 7) is 4.72. The van der Waals surface area contributed by atoms with E-state index in [1.165, 1.54) is 0 Å². The number of rotatable bonds is 5. The Labute approximate surface area is 107 Å². The van der Waals surface area contributed by atoms with E-state index in [2.05, 4.69) is 5.10 Å². The second-order valence-corrected chi connectivity index (χ2v) is 4.41. The smallest absolute Gasteiger partial charge is 0.125 e. The van der Waals surface area contributed by atoms with Crippen molar-refractivity contribution in [3.8, 4) is 5.75 Å². The summed E-state index contributed by atoms with van der Waals surface area (Å²) < 4.78 is 7.38. The monoisotopic (exact) mass is 246 g/mol. The van der Waals surface area contributed by atoms with Crippen LogP contribution in [0.3, 0.4) is 0 Å². The van der Waals surface area contributed by atoms with Crippen molar-refractivity contribution in [3.63, 3.8) is 0 Å². The second kappa shape index (κ2) is 5.69. The molecule has 2 rings (SSSR count). The topological polar surface area (TPSA) is 47.3 Å². The Bertz CT molecular complexity index is 474. The van der Waals surface area contributed by atoms with Crippen LogP contribution in [0.4, 0.5) is 0 Å². The highest BCUT2D eigenvalue weighted by Crippen LogP contribution is 2.22. The van der Waals surface area contributed by atoms with Crippen LogP contribution in [0.5, 0.6) is 5.75 Å². The Morgan fingerprint density at radius 3 is 2.61 bits per heavy atom. The van der Waals surface area contributed by atoms with Gasteiger partial charge in [-0.15, -0.1) is 0 Å². The number of hydrogen-bond acceptors (Lipinski definition) is 3. The van der Waals surface area contributed by atoms with Crippen LogP contribution >= 0.6 is 0 Å². The molecule has 0 saturated heterocycles. The number of benzene rings is 1. The van der Waals surface area contributed by atoms with Crippen LogP contribution in [0.25, 0.3) is 0 Å². The second-order valence-electron chi connectivity index (χ2n) is 4.41. The molecule has 2 aromatic rings. The molecule has 0 aliphatic rings. The SMILES string of the molecule is Cc1cccc(C)c1OCC(O)Cn1cccn1. The first-order chi connectivity index (χ1) is 8.66. The van der Waals surface area contributed by atoms with Gasteiger partial charge in [-0.05, 0) is 31.0 Å². The average molecular weight is 246 g/mol. The maximum Gasteiger partial charge on any atom is 0.125 e. The summed E-state index contributed by atoms with van der Waals surface area (Å²) in [6.07, 6.45) is 2.95. The number of aromatic nitrogens is 2. The van der Waals surface area contributed by atoms with Gasteiger partial charge in [-0.2, -0.15) is 5.10 Å². The maximum absolute atomic E-state index is 9.88. The van der Waals surface area contributed by atoms with E-state index in [-0.39, 0.29) is 6.61 Å². The van der Waals surface area contributed by atoms with Gasteiger partial charge in [0.15, 0.2) is 0 Å². The van der Waals surface area contributed by atoms with Crippen molar-refractivity contribution < 1.29 is 9.84 Å². The minimum atomic E-state index is -0.566. The molecule has 1 unspecified atom stereocenters. The summed E-state index contributed by atoms with van der Waals surface area (Å²) in [7, 11) is 0. The number of ether oxygens (including phenoxy) is 1. The standard InChI is InChI=1S/C14H18N2O2/c1-11-5-3-6-12(2)14(11)18-10-13(17)9-16-8-4-7-15-16/h3-8,13,17H,9-10H2,1-2H3. The summed E-state index contributed by atoms with van der Waals surface area (Å²) in [6, 6.07) is 7.83. The summed E-state index contributed by atoms with van der Waals surface area (Å²) in [4.78, 5) is 0. The number of para-hydroxylation sites is 1. The maximum atomic E-state index is 9.88. The Hall–Kier alpha value is -1.81.